The summed E-state index contributed by atoms with van der Waals surface area (Å²) < 4.78 is 0. The monoisotopic (exact) mass is 254 g/mol. The average Bonchev–Trinajstić information content (AvgIpc) is 2.30. The molecule has 90 valence electrons. The third-order valence-electron chi connectivity index (χ3n) is 2.23. The Balaban J connectivity index is 2.37. The number of hydrogen-bond donors (Lipinski definition) is 0. The van der Waals surface area contributed by atoms with Gasteiger partial charge >= 0.3 is 0 Å². The molecule has 0 saturated carbocycles. The average molecular weight is 254 g/mol. The van der Waals surface area contributed by atoms with Gasteiger partial charge in [-0.15, -0.1) is 0 Å². The first kappa shape index (κ1) is 14.0. The summed E-state index contributed by atoms with van der Waals surface area (Å²) in [7, 11) is 0. The van der Waals surface area contributed by atoms with Crippen molar-refractivity contribution in [3.05, 3.63) is 35.4 Å². The molecule has 2 heteroatoms. The van der Waals surface area contributed by atoms with Gasteiger partial charge in [0.15, 0.2) is 0 Å². The Kier molecular flexibility index (Phi) is 7.87. The molecule has 0 aliphatic rings. The summed E-state index contributed by atoms with van der Waals surface area (Å²) in [6, 6.07) is 9.06. The fourth-order valence-corrected chi connectivity index (χ4v) is 3.17. The van der Waals surface area contributed by atoms with Gasteiger partial charge in [0.05, 0.1) is 0 Å². The van der Waals surface area contributed by atoms with E-state index in [1.165, 1.54) is 47.0 Å². The Morgan fingerprint density at radius 2 is 1.38 bits per heavy atom. The van der Waals surface area contributed by atoms with Crippen molar-refractivity contribution in [2.75, 3.05) is 11.5 Å². The lowest BCUT2D eigenvalue weighted by Crippen LogP contribution is -1.87. The second-order valence-corrected chi connectivity index (χ2v) is 6.14. The first-order valence-electron chi connectivity index (χ1n) is 6.10. The van der Waals surface area contributed by atoms with Crippen LogP contribution in [0.5, 0.6) is 0 Å². The van der Waals surface area contributed by atoms with E-state index in [4.69, 9.17) is 0 Å². The van der Waals surface area contributed by atoms with E-state index in [0.29, 0.717) is 0 Å². The van der Waals surface area contributed by atoms with Crippen molar-refractivity contribution >= 4 is 23.5 Å². The summed E-state index contributed by atoms with van der Waals surface area (Å²) in [5.74, 6) is 4.88. The molecule has 0 spiro atoms. The highest BCUT2D eigenvalue weighted by Gasteiger charge is 1.97. The van der Waals surface area contributed by atoms with Crippen LogP contribution in [0.1, 0.15) is 37.8 Å². The van der Waals surface area contributed by atoms with Crippen molar-refractivity contribution < 1.29 is 0 Å². The molecule has 0 heterocycles. The van der Waals surface area contributed by atoms with Gasteiger partial charge in [-0.05, 0) is 35.5 Å². The van der Waals surface area contributed by atoms with E-state index in [1.54, 1.807) is 0 Å². The summed E-state index contributed by atoms with van der Waals surface area (Å²) in [6.07, 6.45) is 2.55. The van der Waals surface area contributed by atoms with Gasteiger partial charge in [0.2, 0.25) is 0 Å². The molecule has 0 radical (unpaired) electrons. The van der Waals surface area contributed by atoms with Crippen molar-refractivity contribution in [3.63, 3.8) is 0 Å². The molecule has 0 aromatic heterocycles. The largest absolute Gasteiger partial charge is 0.157 e. The molecule has 1 rings (SSSR count). The SMILES string of the molecule is CCCSCc1cccc(CSCCC)c1. The lowest BCUT2D eigenvalue weighted by Gasteiger charge is -2.04. The summed E-state index contributed by atoms with van der Waals surface area (Å²) in [5.41, 5.74) is 2.96. The molecule has 0 aliphatic heterocycles. The summed E-state index contributed by atoms with van der Waals surface area (Å²) >= 11 is 4.07. The molecule has 0 nitrogen and oxygen atoms in total. The first-order valence-corrected chi connectivity index (χ1v) is 8.41. The molecule has 0 bridgehead atoms. The molecule has 0 unspecified atom stereocenters. The lowest BCUT2D eigenvalue weighted by molar-refractivity contribution is 1.10. The second kappa shape index (κ2) is 9.00. The van der Waals surface area contributed by atoms with Crippen molar-refractivity contribution in [2.45, 2.75) is 38.2 Å². The Labute approximate surface area is 109 Å². The molecule has 1 aromatic carbocycles. The molecular formula is C14H22S2. The highest BCUT2D eigenvalue weighted by Crippen LogP contribution is 2.18. The first-order chi connectivity index (χ1) is 7.86. The third kappa shape index (κ3) is 5.86. The van der Waals surface area contributed by atoms with Crippen LogP contribution in [0.3, 0.4) is 0 Å². The smallest absolute Gasteiger partial charge is 0.0184 e. The zero-order valence-corrected chi connectivity index (χ0v) is 12.0. The Hall–Kier alpha value is -0.0800. The van der Waals surface area contributed by atoms with E-state index in [9.17, 15) is 0 Å². The minimum absolute atomic E-state index is 1.17. The predicted molar refractivity (Wildman–Crippen MR) is 79.3 cm³/mol. The van der Waals surface area contributed by atoms with Gasteiger partial charge in [0.1, 0.15) is 0 Å². The molecule has 0 aliphatic carbocycles. The van der Waals surface area contributed by atoms with Crippen LogP contribution in [0.2, 0.25) is 0 Å². The zero-order valence-electron chi connectivity index (χ0n) is 10.4. The minimum atomic E-state index is 1.17. The molecule has 0 saturated heterocycles. The van der Waals surface area contributed by atoms with Gasteiger partial charge in [0, 0.05) is 11.5 Å². The molecular weight excluding hydrogens is 232 g/mol. The predicted octanol–water partition coefficient (Wildman–Crippen LogP) is 4.97. The minimum Gasteiger partial charge on any atom is -0.157 e. The Morgan fingerprint density at radius 3 is 1.81 bits per heavy atom. The molecule has 0 atom stereocenters. The fraction of sp³-hybridized carbons (Fsp3) is 0.571. The van der Waals surface area contributed by atoms with E-state index in [0.717, 1.165) is 0 Å². The maximum absolute atomic E-state index is 2.37. The Morgan fingerprint density at radius 1 is 0.875 bits per heavy atom. The van der Waals surface area contributed by atoms with Crippen molar-refractivity contribution in [1.82, 2.24) is 0 Å². The van der Waals surface area contributed by atoms with E-state index >= 15 is 0 Å². The van der Waals surface area contributed by atoms with Crippen LogP contribution in [0.25, 0.3) is 0 Å². The van der Waals surface area contributed by atoms with Gasteiger partial charge in [-0.3, -0.25) is 0 Å². The normalized spacial score (nSPS) is 10.6. The van der Waals surface area contributed by atoms with Gasteiger partial charge < -0.3 is 0 Å². The zero-order chi connectivity index (χ0) is 11.6. The number of thioether (sulfide) groups is 2. The van der Waals surface area contributed by atoms with Crippen molar-refractivity contribution in [1.29, 1.82) is 0 Å². The van der Waals surface area contributed by atoms with Gasteiger partial charge in [0.25, 0.3) is 0 Å². The van der Waals surface area contributed by atoms with E-state index < -0.39 is 0 Å². The van der Waals surface area contributed by atoms with Crippen LogP contribution in [-0.2, 0) is 11.5 Å². The van der Waals surface area contributed by atoms with Crippen LogP contribution in [0.15, 0.2) is 24.3 Å². The maximum Gasteiger partial charge on any atom is 0.0184 e. The molecule has 0 N–H and O–H groups in total. The van der Waals surface area contributed by atoms with E-state index in [1.807, 2.05) is 23.5 Å². The van der Waals surface area contributed by atoms with Crippen LogP contribution in [0.4, 0.5) is 0 Å². The third-order valence-corrected chi connectivity index (χ3v) is 4.69. The van der Waals surface area contributed by atoms with Crippen LogP contribution in [0, 0.1) is 0 Å². The molecule has 1 aromatic rings. The standard InChI is InChI=1S/C14H22S2/c1-3-8-15-11-13-6-5-7-14(10-13)12-16-9-4-2/h5-7,10H,3-4,8-9,11-12H2,1-2H3. The maximum atomic E-state index is 2.37. The fourth-order valence-electron chi connectivity index (χ4n) is 1.48. The number of benzene rings is 1. The topological polar surface area (TPSA) is 0 Å². The van der Waals surface area contributed by atoms with E-state index in [-0.39, 0.29) is 0 Å². The summed E-state index contributed by atoms with van der Waals surface area (Å²) in [4.78, 5) is 0. The van der Waals surface area contributed by atoms with Crippen LogP contribution < -0.4 is 0 Å². The number of rotatable bonds is 8. The van der Waals surface area contributed by atoms with Crippen LogP contribution >= 0.6 is 23.5 Å². The Bertz CT molecular complexity index is 259. The summed E-state index contributed by atoms with van der Waals surface area (Å²) in [5, 5.41) is 0. The molecule has 0 amide bonds. The molecule has 16 heavy (non-hydrogen) atoms. The van der Waals surface area contributed by atoms with Crippen molar-refractivity contribution in [2.24, 2.45) is 0 Å². The van der Waals surface area contributed by atoms with Gasteiger partial charge in [-0.2, -0.15) is 23.5 Å². The second-order valence-electron chi connectivity index (χ2n) is 3.93. The highest BCUT2D eigenvalue weighted by molar-refractivity contribution is 7.98. The highest BCUT2D eigenvalue weighted by atomic mass is 32.2. The van der Waals surface area contributed by atoms with Gasteiger partial charge in [-0.25, -0.2) is 0 Å². The molecule has 0 fully saturated rings. The lowest BCUT2D eigenvalue weighted by atomic mass is 10.2. The van der Waals surface area contributed by atoms with Crippen LogP contribution in [-0.4, -0.2) is 11.5 Å². The summed E-state index contributed by atoms with van der Waals surface area (Å²) in [6.45, 7) is 4.48. The van der Waals surface area contributed by atoms with E-state index in [2.05, 4.69) is 38.1 Å². The van der Waals surface area contributed by atoms with Gasteiger partial charge in [-0.1, -0.05) is 38.1 Å². The number of hydrogen-bond acceptors (Lipinski definition) is 2. The van der Waals surface area contributed by atoms with Crippen molar-refractivity contribution in [3.8, 4) is 0 Å². The quantitative estimate of drug-likeness (QED) is 0.601.